The van der Waals surface area contributed by atoms with Crippen LogP contribution >= 0.6 is 0 Å². The molecule has 0 fully saturated rings. The summed E-state index contributed by atoms with van der Waals surface area (Å²) < 4.78 is 0. The molecule has 1 aromatic carbocycles. The Morgan fingerprint density at radius 1 is 1.17 bits per heavy atom. The number of hydrogen-bond acceptors (Lipinski definition) is 2. The van der Waals surface area contributed by atoms with Crippen LogP contribution in [0.15, 0.2) is 35.4 Å². The van der Waals surface area contributed by atoms with Crippen molar-refractivity contribution in [1.29, 1.82) is 0 Å². The summed E-state index contributed by atoms with van der Waals surface area (Å²) in [6, 6.07) is 6.13. The van der Waals surface area contributed by atoms with Crippen LogP contribution in [0.5, 0.6) is 0 Å². The molecule has 1 aliphatic carbocycles. The first-order valence-electron chi connectivity index (χ1n) is 8.51. The maximum absolute atomic E-state index is 12.6. The van der Waals surface area contributed by atoms with Gasteiger partial charge in [0.1, 0.15) is 0 Å². The second kappa shape index (κ2) is 6.23. The smallest absolute Gasteiger partial charge is 0.235 e. The Balaban J connectivity index is 2.20. The van der Waals surface area contributed by atoms with Crippen molar-refractivity contribution in [2.75, 3.05) is 0 Å². The molecule has 3 heteroatoms. The SMILES string of the molecule is CCCC1=C(C)C(=O)C(=O)c2c1[nH]c1ccc(CC=C(C)C)cc21. The molecular weight excluding hydrogens is 298 g/mol. The first-order chi connectivity index (χ1) is 11.4. The van der Waals surface area contributed by atoms with Crippen molar-refractivity contribution < 1.29 is 9.59 Å². The number of Topliss-reactive ketones (excluding diaryl/α,β-unsaturated/α-hetero) is 2. The topological polar surface area (TPSA) is 49.9 Å². The molecule has 0 saturated carbocycles. The lowest BCUT2D eigenvalue weighted by Crippen LogP contribution is -2.22. The largest absolute Gasteiger partial charge is 0.354 e. The number of hydrogen-bond donors (Lipinski definition) is 1. The van der Waals surface area contributed by atoms with Crippen molar-refractivity contribution >= 4 is 28.0 Å². The van der Waals surface area contributed by atoms with Gasteiger partial charge >= 0.3 is 0 Å². The van der Waals surface area contributed by atoms with E-state index in [1.807, 2.05) is 12.1 Å². The normalized spacial score (nSPS) is 14.3. The highest BCUT2D eigenvalue weighted by Crippen LogP contribution is 2.36. The minimum atomic E-state index is -0.382. The zero-order valence-electron chi connectivity index (χ0n) is 14.7. The van der Waals surface area contributed by atoms with Crippen LogP contribution in [-0.4, -0.2) is 16.6 Å². The van der Waals surface area contributed by atoms with Gasteiger partial charge in [0.15, 0.2) is 0 Å². The van der Waals surface area contributed by atoms with Crippen LogP contribution < -0.4 is 0 Å². The minimum Gasteiger partial charge on any atom is -0.354 e. The molecule has 0 amide bonds. The number of carbonyl (C=O) groups excluding carboxylic acids is 2. The molecule has 124 valence electrons. The van der Waals surface area contributed by atoms with Crippen LogP contribution in [-0.2, 0) is 11.2 Å². The molecule has 0 saturated heterocycles. The molecule has 2 aromatic rings. The molecule has 0 radical (unpaired) electrons. The molecule has 0 bridgehead atoms. The number of allylic oxidation sites excluding steroid dienone is 4. The van der Waals surface area contributed by atoms with Gasteiger partial charge in [-0.15, -0.1) is 0 Å². The quantitative estimate of drug-likeness (QED) is 0.635. The summed E-state index contributed by atoms with van der Waals surface area (Å²) in [6.07, 6.45) is 4.74. The Morgan fingerprint density at radius 3 is 2.58 bits per heavy atom. The van der Waals surface area contributed by atoms with E-state index < -0.39 is 0 Å². The van der Waals surface area contributed by atoms with Crippen LogP contribution in [0.4, 0.5) is 0 Å². The van der Waals surface area contributed by atoms with Gasteiger partial charge in [-0.3, -0.25) is 9.59 Å². The lowest BCUT2D eigenvalue weighted by atomic mass is 9.85. The zero-order chi connectivity index (χ0) is 17.4. The average molecular weight is 321 g/mol. The third-order valence-corrected chi connectivity index (χ3v) is 4.64. The number of H-pyrrole nitrogens is 1. The van der Waals surface area contributed by atoms with Gasteiger partial charge in [-0.2, -0.15) is 0 Å². The average Bonchev–Trinajstić information content (AvgIpc) is 2.93. The Labute approximate surface area is 142 Å². The molecular formula is C21H23NO2. The summed E-state index contributed by atoms with van der Waals surface area (Å²) in [7, 11) is 0. The van der Waals surface area contributed by atoms with E-state index in [1.54, 1.807) is 6.92 Å². The van der Waals surface area contributed by atoms with Gasteiger partial charge in [0.25, 0.3) is 0 Å². The molecule has 0 aliphatic heterocycles. The van der Waals surface area contributed by atoms with Crippen LogP contribution in [0.2, 0.25) is 0 Å². The fraction of sp³-hybridized carbons (Fsp3) is 0.333. The fourth-order valence-corrected chi connectivity index (χ4v) is 3.32. The molecule has 0 atom stereocenters. The summed E-state index contributed by atoms with van der Waals surface area (Å²) in [5, 5.41) is 0.865. The van der Waals surface area contributed by atoms with E-state index in [9.17, 15) is 9.59 Å². The van der Waals surface area contributed by atoms with Crippen molar-refractivity contribution in [1.82, 2.24) is 4.98 Å². The van der Waals surface area contributed by atoms with Gasteiger partial charge in [-0.25, -0.2) is 0 Å². The van der Waals surface area contributed by atoms with Crippen molar-refractivity contribution in [3.8, 4) is 0 Å². The van der Waals surface area contributed by atoms with Gasteiger partial charge in [0.2, 0.25) is 11.6 Å². The maximum Gasteiger partial charge on any atom is 0.235 e. The molecule has 1 N–H and O–H groups in total. The second-order valence-electron chi connectivity index (χ2n) is 6.75. The van der Waals surface area contributed by atoms with Crippen molar-refractivity contribution in [3.05, 3.63) is 52.2 Å². The van der Waals surface area contributed by atoms with Crippen molar-refractivity contribution in [3.63, 3.8) is 0 Å². The molecule has 1 aromatic heterocycles. The van der Waals surface area contributed by atoms with E-state index in [0.29, 0.717) is 11.1 Å². The minimum absolute atomic E-state index is 0.360. The zero-order valence-corrected chi connectivity index (χ0v) is 14.7. The number of rotatable bonds is 4. The van der Waals surface area contributed by atoms with E-state index in [4.69, 9.17) is 0 Å². The predicted molar refractivity (Wildman–Crippen MR) is 98.3 cm³/mol. The van der Waals surface area contributed by atoms with E-state index in [-0.39, 0.29) is 11.6 Å². The molecule has 1 aliphatic rings. The molecule has 1 heterocycles. The lowest BCUT2D eigenvalue weighted by molar-refractivity contribution is -0.111. The lowest BCUT2D eigenvalue weighted by Gasteiger charge is -2.16. The maximum atomic E-state index is 12.6. The Hall–Kier alpha value is -2.42. The standard InChI is InChI=1S/C21H23NO2/c1-5-6-15-13(4)20(23)21(24)18-16-11-14(8-7-12(2)3)9-10-17(16)22-19(15)18/h7,9-11,22H,5-6,8H2,1-4H3. The highest BCUT2D eigenvalue weighted by Gasteiger charge is 2.33. The van der Waals surface area contributed by atoms with Gasteiger partial charge in [-0.05, 0) is 56.9 Å². The summed E-state index contributed by atoms with van der Waals surface area (Å²) in [5.74, 6) is -0.741. The molecule has 3 rings (SSSR count). The van der Waals surface area contributed by atoms with Gasteiger partial charge in [0, 0.05) is 16.5 Å². The van der Waals surface area contributed by atoms with E-state index in [1.165, 1.54) is 5.57 Å². The van der Waals surface area contributed by atoms with E-state index >= 15 is 0 Å². The van der Waals surface area contributed by atoms with Gasteiger partial charge in [-0.1, -0.05) is 31.1 Å². The van der Waals surface area contributed by atoms with Gasteiger partial charge in [0.05, 0.1) is 11.3 Å². The Bertz CT molecular complexity index is 905. The van der Waals surface area contributed by atoms with E-state index in [2.05, 4.69) is 37.9 Å². The van der Waals surface area contributed by atoms with Crippen molar-refractivity contribution in [2.45, 2.75) is 47.0 Å². The number of aromatic amines is 1. The summed E-state index contributed by atoms with van der Waals surface area (Å²) >= 11 is 0. The molecule has 3 nitrogen and oxygen atoms in total. The molecule has 0 spiro atoms. The second-order valence-corrected chi connectivity index (χ2v) is 6.75. The Kier molecular flexibility index (Phi) is 4.27. The number of carbonyl (C=O) groups is 2. The van der Waals surface area contributed by atoms with Crippen LogP contribution in [0.1, 0.15) is 62.2 Å². The third-order valence-electron chi connectivity index (χ3n) is 4.64. The van der Waals surface area contributed by atoms with Crippen molar-refractivity contribution in [2.24, 2.45) is 0 Å². The number of benzene rings is 1. The molecule has 0 unspecified atom stereocenters. The highest BCUT2D eigenvalue weighted by molar-refractivity contribution is 6.54. The molecule has 24 heavy (non-hydrogen) atoms. The number of fused-ring (bicyclic) bond motifs is 3. The Morgan fingerprint density at radius 2 is 1.92 bits per heavy atom. The monoisotopic (exact) mass is 321 g/mol. The van der Waals surface area contributed by atoms with Crippen LogP contribution in [0.3, 0.4) is 0 Å². The first-order valence-corrected chi connectivity index (χ1v) is 8.51. The number of ketones is 2. The first kappa shape index (κ1) is 16.4. The van der Waals surface area contributed by atoms with Crippen LogP contribution in [0, 0.1) is 0 Å². The predicted octanol–water partition coefficient (Wildman–Crippen LogP) is 5.02. The van der Waals surface area contributed by atoms with Gasteiger partial charge < -0.3 is 4.98 Å². The number of aromatic nitrogens is 1. The number of nitrogens with one attached hydrogen (secondary N) is 1. The summed E-state index contributed by atoms with van der Waals surface area (Å²) in [6.45, 7) is 7.99. The third kappa shape index (κ3) is 2.64. The fourth-order valence-electron chi connectivity index (χ4n) is 3.32. The van der Waals surface area contributed by atoms with Crippen LogP contribution in [0.25, 0.3) is 16.5 Å². The van der Waals surface area contributed by atoms with E-state index in [0.717, 1.165) is 47.0 Å². The summed E-state index contributed by atoms with van der Waals surface area (Å²) in [4.78, 5) is 28.4. The highest BCUT2D eigenvalue weighted by atomic mass is 16.2. The summed E-state index contributed by atoms with van der Waals surface area (Å²) in [5.41, 5.74) is 6.31.